The van der Waals surface area contributed by atoms with E-state index in [2.05, 4.69) is 6.66 Å². The predicted octanol–water partition coefficient (Wildman–Crippen LogP) is 1.33. The van der Waals surface area contributed by atoms with Crippen molar-refractivity contribution < 1.29 is 4.74 Å². The average Bonchev–Trinajstić information content (AvgIpc) is 1.69. The Hall–Kier alpha value is 0.390. The van der Waals surface area contributed by atoms with Crippen LogP contribution >= 0.6 is 8.58 Å². The van der Waals surface area contributed by atoms with Crippen molar-refractivity contribution in [3.63, 3.8) is 0 Å². The van der Waals surface area contributed by atoms with Crippen molar-refractivity contribution >= 4 is 8.58 Å². The van der Waals surface area contributed by atoms with Gasteiger partial charge in [0.15, 0.2) is 0 Å². The van der Waals surface area contributed by atoms with Crippen molar-refractivity contribution in [3.05, 3.63) is 0 Å². The summed E-state index contributed by atoms with van der Waals surface area (Å²) in [5, 5.41) is 0. The van der Waals surface area contributed by atoms with E-state index in [0.29, 0.717) is 0 Å². The zero-order chi connectivity index (χ0) is 5.54. The highest BCUT2D eigenvalue weighted by Crippen LogP contribution is 2.02. The van der Waals surface area contributed by atoms with E-state index in [0.717, 1.165) is 15.2 Å². The van der Waals surface area contributed by atoms with Gasteiger partial charge in [-0.05, 0) is 19.2 Å². The molecule has 7 heavy (non-hydrogen) atoms. The van der Waals surface area contributed by atoms with Gasteiger partial charge in [-0.3, -0.25) is 0 Å². The molecule has 1 atom stereocenters. The van der Waals surface area contributed by atoms with E-state index in [1.807, 2.05) is 0 Å². The lowest BCUT2D eigenvalue weighted by molar-refractivity contribution is 0.200. The second-order valence-corrected chi connectivity index (χ2v) is 2.66. The van der Waals surface area contributed by atoms with Crippen LogP contribution in [0.3, 0.4) is 0 Å². The van der Waals surface area contributed by atoms with Crippen molar-refractivity contribution in [3.8, 4) is 0 Å². The van der Waals surface area contributed by atoms with Crippen LogP contribution in [0.5, 0.6) is 0 Å². The van der Waals surface area contributed by atoms with Gasteiger partial charge in [0.2, 0.25) is 0 Å². The molecule has 0 rings (SSSR count). The zero-order valence-electron chi connectivity index (χ0n) is 5.03. The Kier molecular flexibility index (Phi) is 6.75. The third-order valence-electron chi connectivity index (χ3n) is 0.775. The highest BCUT2D eigenvalue weighted by atomic mass is 31.1. The first kappa shape index (κ1) is 7.39. The van der Waals surface area contributed by atoms with Crippen LogP contribution in [0.15, 0.2) is 0 Å². The molecule has 0 aliphatic rings. The van der Waals surface area contributed by atoms with Gasteiger partial charge in [-0.15, -0.1) is 8.58 Å². The minimum Gasteiger partial charge on any atom is -0.385 e. The molecule has 0 bridgehead atoms. The highest BCUT2D eigenvalue weighted by Gasteiger charge is 1.79. The van der Waals surface area contributed by atoms with Gasteiger partial charge in [-0.1, -0.05) is 0 Å². The molecule has 0 fully saturated rings. The monoisotopic (exact) mass is 120 g/mol. The molecule has 2 heteroatoms. The maximum atomic E-state index is 4.85. The van der Waals surface area contributed by atoms with Crippen molar-refractivity contribution in [2.75, 3.05) is 26.5 Å². The molecule has 0 saturated carbocycles. The molecule has 0 radical (unpaired) electrons. The maximum absolute atomic E-state index is 4.85. The van der Waals surface area contributed by atoms with Crippen LogP contribution in [-0.2, 0) is 4.74 Å². The molecule has 0 aromatic rings. The summed E-state index contributed by atoms with van der Waals surface area (Å²) in [4.78, 5) is 0. The van der Waals surface area contributed by atoms with Crippen LogP contribution in [0, 0.1) is 0 Å². The Morgan fingerprint density at radius 1 is 1.57 bits per heavy atom. The summed E-state index contributed by atoms with van der Waals surface area (Å²) >= 11 is 0. The first-order chi connectivity index (χ1) is 3.41. The van der Waals surface area contributed by atoms with Gasteiger partial charge < -0.3 is 4.74 Å². The van der Waals surface area contributed by atoms with E-state index in [-0.39, 0.29) is 0 Å². The van der Waals surface area contributed by atoms with Crippen molar-refractivity contribution in [2.24, 2.45) is 0 Å². The number of rotatable bonds is 4. The Balaban J connectivity index is 2.45. The Morgan fingerprint density at radius 3 is 2.71 bits per heavy atom. The van der Waals surface area contributed by atoms with E-state index >= 15 is 0 Å². The molecular formula is C5H13OP. The largest absolute Gasteiger partial charge is 0.385 e. The van der Waals surface area contributed by atoms with Crippen molar-refractivity contribution in [1.29, 1.82) is 0 Å². The van der Waals surface area contributed by atoms with Crippen LogP contribution in [0.25, 0.3) is 0 Å². The fourth-order valence-electron chi connectivity index (χ4n) is 0.393. The Labute approximate surface area is 47.2 Å². The topological polar surface area (TPSA) is 9.23 Å². The summed E-state index contributed by atoms with van der Waals surface area (Å²) in [6, 6.07) is 0. The minimum atomic E-state index is 0.931. The van der Waals surface area contributed by atoms with Crippen molar-refractivity contribution in [1.82, 2.24) is 0 Å². The molecule has 0 heterocycles. The van der Waals surface area contributed by atoms with E-state index in [1.165, 1.54) is 12.6 Å². The highest BCUT2D eigenvalue weighted by molar-refractivity contribution is 7.36. The Bertz CT molecular complexity index is 27.3. The Morgan fingerprint density at radius 2 is 2.29 bits per heavy atom. The van der Waals surface area contributed by atoms with Gasteiger partial charge in [0.05, 0.1) is 0 Å². The first-order valence-corrected chi connectivity index (χ1v) is 4.26. The molecule has 0 amide bonds. The number of hydrogen-bond acceptors (Lipinski definition) is 1. The number of methoxy groups -OCH3 is 1. The van der Waals surface area contributed by atoms with Gasteiger partial charge >= 0.3 is 0 Å². The van der Waals surface area contributed by atoms with Gasteiger partial charge in [0.1, 0.15) is 0 Å². The lowest BCUT2D eigenvalue weighted by atomic mass is 10.5. The second kappa shape index (κ2) is 6.39. The van der Waals surface area contributed by atoms with Crippen LogP contribution in [0.2, 0.25) is 0 Å². The van der Waals surface area contributed by atoms with Gasteiger partial charge in [-0.2, -0.15) is 0 Å². The van der Waals surface area contributed by atoms with E-state index < -0.39 is 0 Å². The summed E-state index contributed by atoms with van der Waals surface area (Å²) in [6.07, 6.45) is 2.55. The predicted molar refractivity (Wildman–Crippen MR) is 35.6 cm³/mol. The van der Waals surface area contributed by atoms with Gasteiger partial charge in [0.25, 0.3) is 0 Å². The summed E-state index contributed by atoms with van der Waals surface area (Å²) in [5.41, 5.74) is 0. The molecule has 0 aromatic carbocycles. The maximum Gasteiger partial charge on any atom is 0.0465 e. The molecule has 0 saturated heterocycles. The normalized spacial score (nSPS) is 11.1. The third kappa shape index (κ3) is 6.39. The lowest BCUT2D eigenvalue weighted by Gasteiger charge is -1.93. The molecule has 44 valence electrons. The lowest BCUT2D eigenvalue weighted by Crippen LogP contribution is -1.87. The van der Waals surface area contributed by atoms with Crippen molar-refractivity contribution in [2.45, 2.75) is 6.42 Å². The number of hydrogen-bond donors (Lipinski definition) is 0. The molecular weight excluding hydrogens is 107 g/mol. The molecule has 0 N–H and O–H groups in total. The van der Waals surface area contributed by atoms with Crippen LogP contribution in [0.4, 0.5) is 0 Å². The fourth-order valence-corrected chi connectivity index (χ4v) is 0.891. The molecule has 0 aliphatic heterocycles. The minimum absolute atomic E-state index is 0.931. The molecule has 1 nitrogen and oxygen atoms in total. The molecule has 0 spiro atoms. The zero-order valence-corrected chi connectivity index (χ0v) is 6.03. The van der Waals surface area contributed by atoms with Gasteiger partial charge in [0, 0.05) is 13.7 Å². The molecule has 1 unspecified atom stereocenters. The number of ether oxygens (including phenoxy) is 1. The summed E-state index contributed by atoms with van der Waals surface area (Å²) in [5.74, 6) is 0. The van der Waals surface area contributed by atoms with E-state index in [4.69, 9.17) is 4.74 Å². The molecule has 0 aromatic heterocycles. The second-order valence-electron chi connectivity index (χ2n) is 1.45. The van der Waals surface area contributed by atoms with Gasteiger partial charge in [-0.25, -0.2) is 0 Å². The van der Waals surface area contributed by atoms with Crippen LogP contribution in [-0.4, -0.2) is 26.5 Å². The average molecular weight is 120 g/mol. The fraction of sp³-hybridized carbons (Fsp3) is 1.00. The quantitative estimate of drug-likeness (QED) is 0.401. The SMILES string of the molecule is COCCCPC. The summed E-state index contributed by atoms with van der Waals surface area (Å²) in [6.45, 7) is 3.15. The molecule has 0 aliphatic carbocycles. The standard InChI is InChI=1S/C5H13OP/c1-6-4-3-5-7-2/h7H,3-5H2,1-2H3. The van der Waals surface area contributed by atoms with E-state index in [9.17, 15) is 0 Å². The van der Waals surface area contributed by atoms with E-state index in [1.54, 1.807) is 7.11 Å². The third-order valence-corrected chi connectivity index (χ3v) is 1.63. The van der Waals surface area contributed by atoms with Crippen LogP contribution in [0.1, 0.15) is 6.42 Å². The summed E-state index contributed by atoms with van der Waals surface area (Å²) < 4.78 is 4.85. The smallest absolute Gasteiger partial charge is 0.0465 e. The summed E-state index contributed by atoms with van der Waals surface area (Å²) in [7, 11) is 2.84. The van der Waals surface area contributed by atoms with Crippen LogP contribution < -0.4 is 0 Å². The first-order valence-electron chi connectivity index (χ1n) is 2.55.